The number of likely N-dealkylation sites (N-methyl/N-ethyl adjacent to an activating group) is 1. The van der Waals surface area contributed by atoms with Gasteiger partial charge in [-0.25, -0.2) is 0 Å². The number of halogens is 6. The fraction of sp³-hybridized carbons (Fsp3) is 0.182. The Balaban J connectivity index is 2.13. The minimum absolute atomic E-state index is 0.0929. The summed E-state index contributed by atoms with van der Waals surface area (Å²) >= 11 is 0.867. The Morgan fingerprint density at radius 3 is 2.21 bits per heavy atom. The van der Waals surface area contributed by atoms with E-state index in [4.69, 9.17) is 5.41 Å². The van der Waals surface area contributed by atoms with Crippen molar-refractivity contribution in [1.29, 1.82) is 5.41 Å². The Kier molecular flexibility index (Phi) is 6.92. The third kappa shape index (κ3) is 5.59. The van der Waals surface area contributed by atoms with E-state index >= 15 is 0 Å². The van der Waals surface area contributed by atoms with Gasteiger partial charge < -0.3 is 15.3 Å². The fourth-order valence-corrected chi connectivity index (χ4v) is 3.84. The predicted molar refractivity (Wildman–Crippen MR) is 116 cm³/mol. The molecule has 0 atom stereocenters. The van der Waals surface area contributed by atoms with Crippen LogP contribution < -0.4 is 5.32 Å². The number of carbonyl (C=O) groups is 1. The molecule has 3 aromatic rings. The number of para-hydroxylation sites is 1. The van der Waals surface area contributed by atoms with E-state index in [-0.39, 0.29) is 23.1 Å². The molecule has 1 aromatic heterocycles. The van der Waals surface area contributed by atoms with E-state index in [1.807, 2.05) is 0 Å². The average Bonchev–Trinajstić information content (AvgIpc) is 3.08. The summed E-state index contributed by atoms with van der Waals surface area (Å²) in [6.07, 6.45) is -6.81. The fourth-order valence-electron chi connectivity index (χ4n) is 3.31. The number of thioether (sulfide) groups is 1. The molecule has 33 heavy (non-hydrogen) atoms. The van der Waals surface area contributed by atoms with Gasteiger partial charge in [0, 0.05) is 36.3 Å². The lowest BCUT2D eigenvalue weighted by atomic mass is 10.0. The molecule has 0 radical (unpaired) electrons. The van der Waals surface area contributed by atoms with Gasteiger partial charge in [-0.05, 0) is 35.9 Å². The first-order valence-corrected chi connectivity index (χ1v) is 10.3. The van der Waals surface area contributed by atoms with Crippen molar-refractivity contribution < 1.29 is 31.1 Å². The van der Waals surface area contributed by atoms with Gasteiger partial charge in [0.1, 0.15) is 0 Å². The lowest BCUT2D eigenvalue weighted by Gasteiger charge is -2.15. The molecular formula is C22H17F6N3OS. The van der Waals surface area contributed by atoms with Crippen molar-refractivity contribution in [3.8, 4) is 0 Å². The molecule has 0 unspecified atom stereocenters. The summed E-state index contributed by atoms with van der Waals surface area (Å²) < 4.78 is 80.8. The molecule has 0 aliphatic carbocycles. The number of alkyl halides is 6. The molecule has 174 valence electrons. The summed E-state index contributed by atoms with van der Waals surface area (Å²) in [4.78, 5) is 12.3. The van der Waals surface area contributed by atoms with Gasteiger partial charge in [-0.15, -0.1) is 0 Å². The smallest absolute Gasteiger partial charge is 0.355 e. The van der Waals surface area contributed by atoms with Crippen LogP contribution in [0.1, 0.15) is 22.3 Å². The number of rotatable bonds is 6. The summed E-state index contributed by atoms with van der Waals surface area (Å²) in [6.45, 7) is -0.256. The first-order valence-electron chi connectivity index (χ1n) is 9.39. The van der Waals surface area contributed by atoms with Gasteiger partial charge in [-0.3, -0.25) is 4.79 Å². The summed E-state index contributed by atoms with van der Waals surface area (Å²) in [6, 6.07) is 8.29. The monoisotopic (exact) mass is 485 g/mol. The van der Waals surface area contributed by atoms with Crippen LogP contribution in [0.25, 0.3) is 17.0 Å². The standard InChI is InChI=1S/C22H17F6N3OS/c1-30-20(32)19(33-12-29)8-14-11-31(18-5-3-2-4-17(14)18)10-13-6-15(21(23,24)25)9-16(7-13)22(26,27)28/h2-9,11-12,29H,10H2,1H3,(H,30,32)/b19-8-,29-12?. The van der Waals surface area contributed by atoms with Gasteiger partial charge in [0.2, 0.25) is 0 Å². The molecule has 0 saturated heterocycles. The average molecular weight is 485 g/mol. The molecule has 2 aromatic carbocycles. The Labute approximate surface area is 188 Å². The number of hydrogen-bond donors (Lipinski definition) is 2. The van der Waals surface area contributed by atoms with Crippen LogP contribution in [0.4, 0.5) is 26.3 Å². The van der Waals surface area contributed by atoms with Gasteiger partial charge in [-0.2, -0.15) is 26.3 Å². The SMILES string of the molecule is CNC(=O)/C(=C/c1cn(Cc2cc(C(F)(F)F)cc(C(F)(F)F)c2)c2ccccc12)SC=N. The molecule has 0 aliphatic rings. The third-order valence-electron chi connectivity index (χ3n) is 4.74. The van der Waals surface area contributed by atoms with Crippen molar-refractivity contribution in [3.63, 3.8) is 0 Å². The third-order valence-corrected chi connectivity index (χ3v) is 5.42. The molecule has 1 amide bonds. The van der Waals surface area contributed by atoms with Crippen molar-refractivity contribution in [2.75, 3.05) is 7.05 Å². The second-order valence-electron chi connectivity index (χ2n) is 6.97. The van der Waals surface area contributed by atoms with E-state index in [9.17, 15) is 31.1 Å². The summed E-state index contributed by atoms with van der Waals surface area (Å²) in [5, 5.41) is 10.4. The second kappa shape index (κ2) is 9.34. The maximum absolute atomic E-state index is 13.2. The number of fused-ring (bicyclic) bond motifs is 1. The minimum atomic E-state index is -4.94. The topological polar surface area (TPSA) is 57.9 Å². The normalized spacial score (nSPS) is 12.8. The Morgan fingerprint density at radius 2 is 1.67 bits per heavy atom. The quantitative estimate of drug-likeness (QED) is 0.190. The highest BCUT2D eigenvalue weighted by Gasteiger charge is 2.36. The van der Waals surface area contributed by atoms with Crippen molar-refractivity contribution in [3.05, 3.63) is 75.8 Å². The van der Waals surface area contributed by atoms with Crippen LogP contribution in [0.5, 0.6) is 0 Å². The molecule has 0 bridgehead atoms. The van der Waals surface area contributed by atoms with Crippen LogP contribution in [0.2, 0.25) is 0 Å². The van der Waals surface area contributed by atoms with E-state index in [2.05, 4.69) is 5.32 Å². The van der Waals surface area contributed by atoms with Crippen molar-refractivity contribution in [2.24, 2.45) is 0 Å². The van der Waals surface area contributed by atoms with E-state index in [1.54, 1.807) is 30.5 Å². The van der Waals surface area contributed by atoms with Crippen LogP contribution in [0.15, 0.2) is 53.6 Å². The number of benzene rings is 2. The first kappa shape index (κ1) is 24.4. The number of aromatic nitrogens is 1. The lowest BCUT2D eigenvalue weighted by Crippen LogP contribution is -2.18. The summed E-state index contributed by atoms with van der Waals surface area (Å²) in [5.74, 6) is -0.437. The van der Waals surface area contributed by atoms with Crippen LogP contribution in [-0.2, 0) is 23.7 Å². The number of nitrogens with one attached hydrogen (secondary N) is 2. The molecule has 11 heteroatoms. The zero-order valence-electron chi connectivity index (χ0n) is 17.0. The van der Waals surface area contributed by atoms with Crippen LogP contribution >= 0.6 is 11.8 Å². The predicted octanol–water partition coefficient (Wildman–Crippen LogP) is 6.15. The minimum Gasteiger partial charge on any atom is -0.355 e. The zero-order valence-corrected chi connectivity index (χ0v) is 17.8. The molecule has 1 heterocycles. The Hall–Kier alpha value is -3.21. The van der Waals surface area contributed by atoms with Crippen molar-refractivity contribution >= 4 is 40.2 Å². The van der Waals surface area contributed by atoms with Crippen molar-refractivity contribution in [2.45, 2.75) is 18.9 Å². The maximum Gasteiger partial charge on any atom is 0.416 e. The largest absolute Gasteiger partial charge is 0.416 e. The number of carbonyl (C=O) groups excluding carboxylic acids is 1. The highest BCUT2D eigenvalue weighted by atomic mass is 32.2. The molecule has 0 aliphatic heterocycles. The lowest BCUT2D eigenvalue weighted by molar-refractivity contribution is -0.143. The molecular weight excluding hydrogens is 468 g/mol. The van der Waals surface area contributed by atoms with Gasteiger partial charge >= 0.3 is 12.4 Å². The number of amides is 1. The van der Waals surface area contributed by atoms with E-state index in [0.29, 0.717) is 28.6 Å². The Bertz CT molecular complexity index is 1190. The molecule has 2 N–H and O–H groups in total. The van der Waals surface area contributed by atoms with Crippen LogP contribution in [0, 0.1) is 5.41 Å². The van der Waals surface area contributed by atoms with Crippen LogP contribution in [-0.4, -0.2) is 23.1 Å². The van der Waals surface area contributed by atoms with Gasteiger partial charge in [0.05, 0.1) is 21.6 Å². The second-order valence-corrected chi connectivity index (χ2v) is 7.88. The number of nitrogens with zero attached hydrogens (tertiary/aromatic N) is 1. The van der Waals surface area contributed by atoms with Gasteiger partial charge in [0.15, 0.2) is 0 Å². The van der Waals surface area contributed by atoms with Crippen molar-refractivity contribution in [1.82, 2.24) is 9.88 Å². The van der Waals surface area contributed by atoms with E-state index < -0.39 is 29.4 Å². The first-order chi connectivity index (χ1) is 15.4. The Morgan fingerprint density at radius 1 is 1.06 bits per heavy atom. The molecule has 0 spiro atoms. The summed E-state index contributed by atoms with van der Waals surface area (Å²) in [5.41, 5.74) is -0.871. The maximum atomic E-state index is 13.2. The van der Waals surface area contributed by atoms with E-state index in [1.165, 1.54) is 17.7 Å². The van der Waals surface area contributed by atoms with Crippen LogP contribution in [0.3, 0.4) is 0 Å². The number of hydrogen-bond acceptors (Lipinski definition) is 3. The molecule has 0 fully saturated rings. The van der Waals surface area contributed by atoms with Gasteiger partial charge in [-0.1, -0.05) is 30.0 Å². The highest BCUT2D eigenvalue weighted by Crippen LogP contribution is 2.37. The molecule has 4 nitrogen and oxygen atoms in total. The summed E-state index contributed by atoms with van der Waals surface area (Å²) in [7, 11) is 1.43. The molecule has 3 rings (SSSR count). The van der Waals surface area contributed by atoms with E-state index in [0.717, 1.165) is 17.3 Å². The van der Waals surface area contributed by atoms with Gasteiger partial charge in [0.25, 0.3) is 5.91 Å². The zero-order chi connectivity index (χ0) is 24.4. The highest BCUT2D eigenvalue weighted by molar-refractivity contribution is 8.16. The molecule has 0 saturated carbocycles.